The summed E-state index contributed by atoms with van der Waals surface area (Å²) in [4.78, 5) is 23.4. The lowest BCUT2D eigenvalue weighted by Crippen LogP contribution is -2.35. The fourth-order valence-electron chi connectivity index (χ4n) is 3.22. The van der Waals surface area contributed by atoms with E-state index in [1.54, 1.807) is 0 Å². The van der Waals surface area contributed by atoms with E-state index < -0.39 is 0 Å². The fourth-order valence-corrected chi connectivity index (χ4v) is 3.22. The normalized spacial score (nSPS) is 38.4. The van der Waals surface area contributed by atoms with Gasteiger partial charge in [0.05, 0.1) is 11.8 Å². The van der Waals surface area contributed by atoms with Crippen molar-refractivity contribution in [2.24, 2.45) is 11.8 Å². The molecule has 116 valence electrons. The average molecular weight is 292 g/mol. The van der Waals surface area contributed by atoms with Crippen molar-refractivity contribution in [1.29, 1.82) is 0 Å². The van der Waals surface area contributed by atoms with Crippen molar-refractivity contribution in [3.05, 3.63) is 23.3 Å². The zero-order chi connectivity index (χ0) is 15.6. The molecule has 4 heteroatoms. The molecule has 2 aliphatic rings. The molecule has 0 unspecified atom stereocenters. The van der Waals surface area contributed by atoms with Crippen molar-refractivity contribution in [3.8, 4) is 0 Å². The van der Waals surface area contributed by atoms with Crippen molar-refractivity contribution in [3.63, 3.8) is 0 Å². The zero-order valence-corrected chi connectivity index (χ0v) is 13.2. The highest BCUT2D eigenvalue weighted by Gasteiger charge is 2.46. The molecule has 0 bridgehead atoms. The molecule has 0 radical (unpaired) electrons. The summed E-state index contributed by atoms with van der Waals surface area (Å²) in [5.41, 5.74) is 2.40. The minimum atomic E-state index is -0.313. The number of hydrogen-bond acceptors (Lipinski definition) is 4. The maximum atomic E-state index is 11.9. The van der Waals surface area contributed by atoms with Crippen molar-refractivity contribution in [2.45, 2.75) is 59.2 Å². The van der Waals surface area contributed by atoms with Gasteiger partial charge in [0.15, 0.2) is 0 Å². The minimum Gasteiger partial charge on any atom is -0.462 e. The van der Waals surface area contributed by atoms with E-state index in [1.807, 2.05) is 13.0 Å². The fraction of sp³-hybridized carbons (Fsp3) is 0.647. The van der Waals surface area contributed by atoms with Crippen molar-refractivity contribution >= 4 is 11.9 Å². The Hall–Kier alpha value is -1.58. The van der Waals surface area contributed by atoms with Crippen LogP contribution in [-0.2, 0) is 19.1 Å². The summed E-state index contributed by atoms with van der Waals surface area (Å²) < 4.78 is 11.0. The summed E-state index contributed by atoms with van der Waals surface area (Å²) in [6.07, 6.45) is 6.20. The van der Waals surface area contributed by atoms with Crippen LogP contribution in [0.15, 0.2) is 23.3 Å². The van der Waals surface area contributed by atoms with Gasteiger partial charge in [-0.25, -0.2) is 0 Å². The van der Waals surface area contributed by atoms with Gasteiger partial charge >= 0.3 is 11.9 Å². The standard InChI is InChI=1S/C17H24O4/c1-10-6-5-7-11(2)9-15-16(12(3)17(19)21-15)14(8-10)20-13(4)18/h6,9,12,14-16H,5,7-8H2,1-4H3/b10-6+,11-9+/t12-,14-,15+,16+/m0/s1. The van der Waals surface area contributed by atoms with E-state index >= 15 is 0 Å². The molecule has 1 heterocycles. The molecule has 1 saturated heterocycles. The molecular weight excluding hydrogens is 268 g/mol. The second-order valence-corrected chi connectivity index (χ2v) is 6.22. The first kappa shape index (κ1) is 15.8. The number of hydrogen-bond donors (Lipinski definition) is 0. The third-order valence-corrected chi connectivity index (χ3v) is 4.33. The summed E-state index contributed by atoms with van der Waals surface area (Å²) in [5, 5.41) is 0. The summed E-state index contributed by atoms with van der Waals surface area (Å²) in [5.74, 6) is -0.878. The number of fused-ring (bicyclic) bond motifs is 1. The van der Waals surface area contributed by atoms with Gasteiger partial charge in [-0.1, -0.05) is 24.1 Å². The van der Waals surface area contributed by atoms with Gasteiger partial charge in [0.1, 0.15) is 12.2 Å². The Labute approximate surface area is 126 Å². The molecule has 0 spiro atoms. The molecule has 0 aromatic heterocycles. The maximum absolute atomic E-state index is 11.9. The molecule has 1 aliphatic heterocycles. The smallest absolute Gasteiger partial charge is 0.309 e. The molecule has 4 nitrogen and oxygen atoms in total. The number of rotatable bonds is 1. The van der Waals surface area contributed by atoms with Gasteiger partial charge in [-0.3, -0.25) is 9.59 Å². The van der Waals surface area contributed by atoms with Crippen molar-refractivity contribution < 1.29 is 19.1 Å². The van der Waals surface area contributed by atoms with Gasteiger partial charge in [-0.2, -0.15) is 0 Å². The van der Waals surface area contributed by atoms with Crippen molar-refractivity contribution in [1.82, 2.24) is 0 Å². The van der Waals surface area contributed by atoms with Gasteiger partial charge in [-0.15, -0.1) is 0 Å². The first-order valence-electron chi connectivity index (χ1n) is 7.59. The lowest BCUT2D eigenvalue weighted by Gasteiger charge is -2.28. The molecule has 0 saturated carbocycles. The van der Waals surface area contributed by atoms with Gasteiger partial charge in [0, 0.05) is 13.3 Å². The number of carbonyl (C=O) groups is 2. The molecular formula is C17H24O4. The molecule has 0 N–H and O–H groups in total. The molecule has 0 amide bonds. The summed E-state index contributed by atoms with van der Waals surface area (Å²) >= 11 is 0. The van der Waals surface area contributed by atoms with Crippen LogP contribution in [0, 0.1) is 11.8 Å². The lowest BCUT2D eigenvalue weighted by atomic mass is 9.82. The summed E-state index contributed by atoms with van der Waals surface area (Å²) in [6, 6.07) is 0. The Balaban J connectivity index is 2.36. The molecule has 4 atom stereocenters. The number of allylic oxidation sites excluding steroid dienone is 2. The number of esters is 2. The third kappa shape index (κ3) is 3.74. The van der Waals surface area contributed by atoms with Crippen LogP contribution < -0.4 is 0 Å². The first-order chi connectivity index (χ1) is 9.88. The molecule has 0 aromatic rings. The van der Waals surface area contributed by atoms with Gasteiger partial charge < -0.3 is 9.47 Å². The second-order valence-electron chi connectivity index (χ2n) is 6.22. The Morgan fingerprint density at radius 2 is 2.05 bits per heavy atom. The third-order valence-electron chi connectivity index (χ3n) is 4.33. The van der Waals surface area contributed by atoms with E-state index in [2.05, 4.69) is 19.9 Å². The molecule has 21 heavy (non-hydrogen) atoms. The van der Waals surface area contributed by atoms with Gasteiger partial charge in [0.25, 0.3) is 0 Å². The quantitative estimate of drug-likeness (QED) is 0.550. The Morgan fingerprint density at radius 3 is 2.71 bits per heavy atom. The Morgan fingerprint density at radius 1 is 1.33 bits per heavy atom. The molecule has 1 fully saturated rings. The van der Waals surface area contributed by atoms with E-state index in [0.29, 0.717) is 6.42 Å². The molecule has 2 rings (SSSR count). The van der Waals surface area contributed by atoms with Crippen LogP contribution in [0.1, 0.15) is 47.0 Å². The van der Waals surface area contributed by atoms with Crippen LogP contribution in [0.25, 0.3) is 0 Å². The van der Waals surface area contributed by atoms with Crippen LogP contribution >= 0.6 is 0 Å². The number of carbonyl (C=O) groups excluding carboxylic acids is 2. The largest absolute Gasteiger partial charge is 0.462 e. The summed E-state index contributed by atoms with van der Waals surface area (Å²) in [6.45, 7) is 7.38. The lowest BCUT2D eigenvalue weighted by molar-refractivity contribution is -0.150. The van der Waals surface area contributed by atoms with Crippen molar-refractivity contribution in [2.75, 3.05) is 0 Å². The number of ether oxygens (including phenoxy) is 2. The van der Waals surface area contributed by atoms with E-state index in [4.69, 9.17) is 9.47 Å². The van der Waals surface area contributed by atoms with Gasteiger partial charge in [-0.05, 0) is 32.8 Å². The van der Waals surface area contributed by atoms with Crippen LogP contribution in [-0.4, -0.2) is 24.1 Å². The van der Waals surface area contributed by atoms with Gasteiger partial charge in [0.2, 0.25) is 0 Å². The van der Waals surface area contributed by atoms with E-state index in [0.717, 1.165) is 12.8 Å². The average Bonchev–Trinajstić information content (AvgIpc) is 2.62. The van der Waals surface area contributed by atoms with Crippen LogP contribution in [0.2, 0.25) is 0 Å². The molecule has 0 aromatic carbocycles. The van der Waals surface area contributed by atoms with Crippen LogP contribution in [0.5, 0.6) is 0 Å². The monoisotopic (exact) mass is 292 g/mol. The predicted octanol–water partition coefficient (Wildman–Crippen LogP) is 3.17. The zero-order valence-electron chi connectivity index (χ0n) is 13.2. The SMILES string of the molecule is CC(=O)O[C@H]1C/C(C)=C/CC/C(C)=C/[C@H]2OC(=O)[C@@H](C)[C@H]12. The highest BCUT2D eigenvalue weighted by molar-refractivity contribution is 5.75. The topological polar surface area (TPSA) is 52.6 Å². The first-order valence-corrected chi connectivity index (χ1v) is 7.59. The van der Waals surface area contributed by atoms with Crippen LogP contribution in [0.4, 0.5) is 0 Å². The van der Waals surface area contributed by atoms with E-state index in [-0.39, 0.29) is 36.0 Å². The second kappa shape index (κ2) is 6.46. The summed E-state index contributed by atoms with van der Waals surface area (Å²) in [7, 11) is 0. The highest BCUT2D eigenvalue weighted by Crippen LogP contribution is 2.37. The van der Waals surface area contributed by atoms with E-state index in [9.17, 15) is 9.59 Å². The van der Waals surface area contributed by atoms with Crippen LogP contribution in [0.3, 0.4) is 0 Å². The van der Waals surface area contributed by atoms with E-state index in [1.165, 1.54) is 18.1 Å². The Kier molecular flexibility index (Phi) is 4.86. The molecule has 1 aliphatic carbocycles. The minimum absolute atomic E-state index is 0.113. The highest BCUT2D eigenvalue weighted by atomic mass is 16.6. The maximum Gasteiger partial charge on any atom is 0.309 e. The predicted molar refractivity (Wildman–Crippen MR) is 79.5 cm³/mol. The Bertz CT molecular complexity index is 489.